The molecule has 1 aromatic carbocycles. The van der Waals surface area contributed by atoms with Crippen LogP contribution in [0.1, 0.15) is 52.7 Å². The Labute approximate surface area is 174 Å². The zero-order valence-electron chi connectivity index (χ0n) is 17.2. The molecule has 4 heterocycles. The average molecular weight is 407 g/mol. The van der Waals surface area contributed by atoms with E-state index in [-0.39, 0.29) is 29.5 Å². The molecule has 3 amide bonds. The van der Waals surface area contributed by atoms with Gasteiger partial charge < -0.3 is 15.1 Å². The molecule has 5 rings (SSSR count). The molecule has 156 valence electrons. The minimum absolute atomic E-state index is 0.0293. The predicted octanol–water partition coefficient (Wildman–Crippen LogP) is 1.87. The standard InChI is InChI=1S/C22H25N5O3/c1-3-6-18-22(14-7-4-5-8-15(14)23-21(22)30)9-10-26(18)19(28)16-13-17-20(29)25(2)11-12-27(17)24-16/h4-5,7-8,13,18H,3,6,9-12H2,1-2H3,(H,23,30)/t18-,22+/m0/s1. The molecule has 1 fully saturated rings. The highest BCUT2D eigenvalue weighted by molar-refractivity contribution is 6.08. The van der Waals surface area contributed by atoms with Crippen molar-refractivity contribution in [2.24, 2.45) is 0 Å². The highest BCUT2D eigenvalue weighted by Crippen LogP contribution is 2.49. The molecule has 2 aromatic rings. The van der Waals surface area contributed by atoms with E-state index in [1.165, 1.54) is 0 Å². The predicted molar refractivity (Wildman–Crippen MR) is 110 cm³/mol. The molecule has 1 spiro atoms. The van der Waals surface area contributed by atoms with Crippen molar-refractivity contribution in [3.63, 3.8) is 0 Å². The van der Waals surface area contributed by atoms with E-state index in [9.17, 15) is 14.4 Å². The second-order valence-electron chi connectivity index (χ2n) is 8.39. The molecule has 8 heteroatoms. The van der Waals surface area contributed by atoms with E-state index in [1.807, 2.05) is 24.3 Å². The van der Waals surface area contributed by atoms with Crippen LogP contribution < -0.4 is 5.32 Å². The lowest BCUT2D eigenvalue weighted by Crippen LogP contribution is -2.48. The topological polar surface area (TPSA) is 87.5 Å². The summed E-state index contributed by atoms with van der Waals surface area (Å²) >= 11 is 0. The Morgan fingerprint density at radius 3 is 2.83 bits per heavy atom. The quantitative estimate of drug-likeness (QED) is 0.842. The minimum Gasteiger partial charge on any atom is -0.339 e. The van der Waals surface area contributed by atoms with Crippen LogP contribution in [0.2, 0.25) is 0 Å². The fourth-order valence-electron chi connectivity index (χ4n) is 5.27. The number of nitrogens with one attached hydrogen (secondary N) is 1. The zero-order chi connectivity index (χ0) is 21.0. The third-order valence-corrected chi connectivity index (χ3v) is 6.79. The number of aromatic nitrogens is 2. The summed E-state index contributed by atoms with van der Waals surface area (Å²) in [5.74, 6) is -0.363. The minimum atomic E-state index is -0.725. The zero-order valence-corrected chi connectivity index (χ0v) is 17.2. The number of carbonyl (C=O) groups excluding carboxylic acids is 3. The molecule has 1 aromatic heterocycles. The van der Waals surface area contributed by atoms with Crippen molar-refractivity contribution in [2.45, 2.75) is 44.2 Å². The molecule has 2 atom stereocenters. The van der Waals surface area contributed by atoms with Crippen LogP contribution in [0.4, 0.5) is 5.69 Å². The van der Waals surface area contributed by atoms with Gasteiger partial charge in [0, 0.05) is 31.9 Å². The number of carbonyl (C=O) groups is 3. The molecule has 8 nitrogen and oxygen atoms in total. The number of rotatable bonds is 3. The Kier molecular flexibility index (Phi) is 4.20. The van der Waals surface area contributed by atoms with Gasteiger partial charge in [-0.15, -0.1) is 0 Å². The molecule has 0 bridgehead atoms. The van der Waals surface area contributed by atoms with Crippen LogP contribution in [-0.2, 0) is 16.8 Å². The first-order chi connectivity index (χ1) is 14.5. The molecule has 30 heavy (non-hydrogen) atoms. The van der Waals surface area contributed by atoms with E-state index in [0.29, 0.717) is 31.7 Å². The number of amides is 3. The Balaban J connectivity index is 1.52. The van der Waals surface area contributed by atoms with Crippen molar-refractivity contribution in [1.29, 1.82) is 0 Å². The van der Waals surface area contributed by atoms with Gasteiger partial charge in [0.25, 0.3) is 11.8 Å². The summed E-state index contributed by atoms with van der Waals surface area (Å²) in [4.78, 5) is 42.5. The number of nitrogens with zero attached hydrogens (tertiary/aromatic N) is 4. The van der Waals surface area contributed by atoms with Crippen LogP contribution in [-0.4, -0.2) is 63.5 Å². The van der Waals surface area contributed by atoms with Gasteiger partial charge in [0.05, 0.1) is 18.0 Å². The first-order valence-electron chi connectivity index (χ1n) is 10.5. The van der Waals surface area contributed by atoms with Crippen molar-refractivity contribution >= 4 is 23.4 Å². The van der Waals surface area contributed by atoms with Crippen molar-refractivity contribution < 1.29 is 14.4 Å². The Bertz CT molecular complexity index is 1060. The summed E-state index contributed by atoms with van der Waals surface area (Å²) in [5.41, 5.74) is 1.81. The van der Waals surface area contributed by atoms with E-state index in [0.717, 1.165) is 24.1 Å². The number of hydrogen-bond donors (Lipinski definition) is 1. The second-order valence-corrected chi connectivity index (χ2v) is 8.39. The SMILES string of the molecule is CCC[C@@H]1N(C(=O)c2cc3n(n2)CCN(C)C3=O)CC[C@]12C(=O)Nc1ccccc12. The lowest BCUT2D eigenvalue weighted by atomic mass is 9.73. The van der Waals surface area contributed by atoms with Gasteiger partial charge in [0.1, 0.15) is 5.69 Å². The molecule has 3 aliphatic heterocycles. The molecular formula is C22H25N5O3. The van der Waals surface area contributed by atoms with Gasteiger partial charge >= 0.3 is 0 Å². The second kappa shape index (κ2) is 6.68. The van der Waals surface area contributed by atoms with Gasteiger partial charge in [0.15, 0.2) is 5.69 Å². The van der Waals surface area contributed by atoms with Crippen LogP contribution in [0.15, 0.2) is 30.3 Å². The highest BCUT2D eigenvalue weighted by Gasteiger charge is 2.58. The Morgan fingerprint density at radius 1 is 1.23 bits per heavy atom. The highest BCUT2D eigenvalue weighted by atomic mass is 16.2. The van der Waals surface area contributed by atoms with Crippen LogP contribution in [0.5, 0.6) is 0 Å². The van der Waals surface area contributed by atoms with E-state index >= 15 is 0 Å². The third kappa shape index (κ3) is 2.45. The van der Waals surface area contributed by atoms with E-state index < -0.39 is 5.41 Å². The molecule has 1 saturated heterocycles. The molecule has 0 unspecified atom stereocenters. The van der Waals surface area contributed by atoms with Crippen molar-refractivity contribution in [3.05, 3.63) is 47.3 Å². The molecule has 0 saturated carbocycles. The van der Waals surface area contributed by atoms with E-state index in [2.05, 4.69) is 17.3 Å². The van der Waals surface area contributed by atoms with E-state index in [1.54, 1.807) is 27.6 Å². The van der Waals surface area contributed by atoms with Crippen LogP contribution >= 0.6 is 0 Å². The maximum absolute atomic E-state index is 13.5. The fraction of sp³-hybridized carbons (Fsp3) is 0.455. The van der Waals surface area contributed by atoms with E-state index in [4.69, 9.17) is 0 Å². The van der Waals surface area contributed by atoms with Gasteiger partial charge in [-0.05, 0) is 24.5 Å². The smallest absolute Gasteiger partial charge is 0.274 e. The number of benzene rings is 1. The average Bonchev–Trinajstić information content (AvgIpc) is 3.41. The fourth-order valence-corrected chi connectivity index (χ4v) is 5.27. The Morgan fingerprint density at radius 2 is 2.03 bits per heavy atom. The van der Waals surface area contributed by atoms with Crippen molar-refractivity contribution in [2.75, 3.05) is 25.5 Å². The number of likely N-dealkylation sites (tertiary alicyclic amines) is 1. The summed E-state index contributed by atoms with van der Waals surface area (Å²) in [6, 6.07) is 9.12. The molecule has 1 N–H and O–H groups in total. The van der Waals surface area contributed by atoms with Gasteiger partial charge in [-0.3, -0.25) is 19.1 Å². The summed E-state index contributed by atoms with van der Waals surface area (Å²) in [7, 11) is 1.75. The van der Waals surface area contributed by atoms with Crippen molar-refractivity contribution in [3.8, 4) is 0 Å². The molecule has 3 aliphatic rings. The Hall–Kier alpha value is -3.16. The first-order valence-corrected chi connectivity index (χ1v) is 10.5. The molecule has 0 radical (unpaired) electrons. The third-order valence-electron chi connectivity index (χ3n) is 6.79. The van der Waals surface area contributed by atoms with Crippen LogP contribution in [0, 0.1) is 0 Å². The number of anilines is 1. The monoisotopic (exact) mass is 407 g/mol. The maximum atomic E-state index is 13.5. The summed E-state index contributed by atoms with van der Waals surface area (Å²) in [5, 5.41) is 7.45. The maximum Gasteiger partial charge on any atom is 0.274 e. The first kappa shape index (κ1) is 18.8. The number of likely N-dealkylation sites (N-methyl/N-ethyl adjacent to an activating group) is 1. The van der Waals surface area contributed by atoms with Gasteiger partial charge in [-0.1, -0.05) is 31.5 Å². The van der Waals surface area contributed by atoms with Gasteiger partial charge in [-0.2, -0.15) is 5.10 Å². The van der Waals surface area contributed by atoms with Crippen LogP contribution in [0.25, 0.3) is 0 Å². The normalized spacial score (nSPS) is 24.9. The molecular weight excluding hydrogens is 382 g/mol. The number of para-hydroxylation sites is 1. The summed E-state index contributed by atoms with van der Waals surface area (Å²) < 4.78 is 1.62. The lowest BCUT2D eigenvalue weighted by molar-refractivity contribution is -0.121. The van der Waals surface area contributed by atoms with Crippen molar-refractivity contribution in [1.82, 2.24) is 19.6 Å². The number of hydrogen-bond acceptors (Lipinski definition) is 4. The summed E-state index contributed by atoms with van der Waals surface area (Å²) in [6.45, 7) is 3.70. The van der Waals surface area contributed by atoms with Gasteiger partial charge in [0.2, 0.25) is 5.91 Å². The largest absolute Gasteiger partial charge is 0.339 e. The molecule has 0 aliphatic carbocycles. The van der Waals surface area contributed by atoms with Gasteiger partial charge in [-0.25, -0.2) is 0 Å². The number of fused-ring (bicyclic) bond motifs is 3. The van der Waals surface area contributed by atoms with Crippen LogP contribution in [0.3, 0.4) is 0 Å². The summed E-state index contributed by atoms with van der Waals surface area (Å²) in [6.07, 6.45) is 2.17. The lowest BCUT2D eigenvalue weighted by Gasteiger charge is -2.33.